The number of ether oxygens (including phenoxy) is 1. The number of carbonyl (C=O) groups is 1. The van der Waals surface area contributed by atoms with E-state index < -0.39 is 0 Å². The molecule has 1 aliphatic heterocycles. The van der Waals surface area contributed by atoms with Crippen LogP contribution in [0.4, 0.5) is 0 Å². The Morgan fingerprint density at radius 3 is 2.79 bits per heavy atom. The van der Waals surface area contributed by atoms with Crippen LogP contribution in [0.25, 0.3) is 0 Å². The van der Waals surface area contributed by atoms with Gasteiger partial charge in [0.25, 0.3) is 5.91 Å². The van der Waals surface area contributed by atoms with Gasteiger partial charge < -0.3 is 15.0 Å². The van der Waals surface area contributed by atoms with Crippen molar-refractivity contribution in [1.29, 1.82) is 0 Å². The van der Waals surface area contributed by atoms with Gasteiger partial charge in [0.1, 0.15) is 13.1 Å². The van der Waals surface area contributed by atoms with Gasteiger partial charge in [0.15, 0.2) is 6.04 Å². The summed E-state index contributed by atoms with van der Waals surface area (Å²) < 4.78 is 5.30. The molecule has 1 atom stereocenters. The number of hydrogen-bond acceptors (Lipinski definition) is 2. The van der Waals surface area contributed by atoms with Crippen LogP contribution in [-0.4, -0.2) is 38.3 Å². The predicted octanol–water partition coefficient (Wildman–Crippen LogP) is 0.260. The summed E-state index contributed by atoms with van der Waals surface area (Å²) in [5.74, 6) is 0.0665. The quantitative estimate of drug-likeness (QED) is 0.832. The third-order valence-electron chi connectivity index (χ3n) is 3.55. The largest absolute Gasteiger partial charge is 0.370 e. The second-order valence-corrected chi connectivity index (χ2v) is 5.21. The van der Waals surface area contributed by atoms with Crippen molar-refractivity contribution in [2.24, 2.45) is 0 Å². The van der Waals surface area contributed by atoms with Crippen molar-refractivity contribution in [2.75, 3.05) is 26.3 Å². The molecule has 0 unspecified atom stereocenters. The van der Waals surface area contributed by atoms with Crippen molar-refractivity contribution in [3.8, 4) is 0 Å². The molecular formula is C14H20ClN2O2+. The third-order valence-corrected chi connectivity index (χ3v) is 3.92. The maximum Gasteiger partial charge on any atom is 0.278 e. The van der Waals surface area contributed by atoms with Gasteiger partial charge in [-0.1, -0.05) is 29.8 Å². The van der Waals surface area contributed by atoms with Gasteiger partial charge in [-0.25, -0.2) is 0 Å². The van der Waals surface area contributed by atoms with E-state index in [1.165, 1.54) is 4.90 Å². The number of rotatable bonds is 4. The van der Waals surface area contributed by atoms with E-state index in [1.54, 1.807) is 0 Å². The van der Waals surface area contributed by atoms with E-state index in [0.717, 1.165) is 31.9 Å². The summed E-state index contributed by atoms with van der Waals surface area (Å²) in [4.78, 5) is 13.4. The molecule has 1 fully saturated rings. The zero-order valence-electron chi connectivity index (χ0n) is 11.1. The van der Waals surface area contributed by atoms with Crippen LogP contribution in [0, 0.1) is 0 Å². The highest BCUT2D eigenvalue weighted by molar-refractivity contribution is 6.31. The van der Waals surface area contributed by atoms with Crippen LogP contribution < -0.4 is 10.2 Å². The fourth-order valence-electron chi connectivity index (χ4n) is 2.23. The lowest BCUT2D eigenvalue weighted by Gasteiger charge is -2.28. The van der Waals surface area contributed by atoms with Crippen LogP contribution in [0.15, 0.2) is 24.3 Å². The van der Waals surface area contributed by atoms with Crippen LogP contribution in [0.3, 0.4) is 0 Å². The first-order valence-electron chi connectivity index (χ1n) is 6.62. The summed E-state index contributed by atoms with van der Waals surface area (Å²) in [5.41, 5.74) is 0.946. The van der Waals surface area contributed by atoms with Crippen molar-refractivity contribution in [1.82, 2.24) is 5.32 Å². The topological polar surface area (TPSA) is 42.8 Å². The zero-order valence-corrected chi connectivity index (χ0v) is 11.9. The molecule has 1 aliphatic rings. The average molecular weight is 284 g/mol. The highest BCUT2D eigenvalue weighted by Gasteiger charge is 2.26. The molecule has 4 nitrogen and oxygen atoms in total. The van der Waals surface area contributed by atoms with Crippen molar-refractivity contribution < 1.29 is 14.4 Å². The SMILES string of the molecule is C[C@@H](C(=O)NCc1ccccc1Cl)[NH+]1CCOCC1. The first-order chi connectivity index (χ1) is 9.18. The summed E-state index contributed by atoms with van der Waals surface area (Å²) in [7, 11) is 0. The lowest BCUT2D eigenvalue weighted by Crippen LogP contribution is -3.18. The van der Waals surface area contributed by atoms with E-state index in [9.17, 15) is 4.79 Å². The monoisotopic (exact) mass is 283 g/mol. The molecule has 104 valence electrons. The second-order valence-electron chi connectivity index (χ2n) is 4.80. The summed E-state index contributed by atoms with van der Waals surface area (Å²) in [6.07, 6.45) is 0. The van der Waals surface area contributed by atoms with E-state index in [2.05, 4.69) is 5.32 Å². The van der Waals surface area contributed by atoms with E-state index in [-0.39, 0.29) is 11.9 Å². The van der Waals surface area contributed by atoms with Gasteiger partial charge in [0, 0.05) is 11.6 Å². The fraction of sp³-hybridized carbons (Fsp3) is 0.500. The van der Waals surface area contributed by atoms with Gasteiger partial charge in [-0.3, -0.25) is 4.79 Å². The summed E-state index contributed by atoms with van der Waals surface area (Å²) in [6.45, 7) is 5.69. The number of carbonyl (C=O) groups excluding carboxylic acids is 1. The van der Waals surface area contributed by atoms with Crippen LogP contribution in [0.5, 0.6) is 0 Å². The molecule has 0 radical (unpaired) electrons. The Kier molecular flexibility index (Phi) is 5.19. The smallest absolute Gasteiger partial charge is 0.278 e. The Hall–Kier alpha value is -1.10. The van der Waals surface area contributed by atoms with E-state index >= 15 is 0 Å². The van der Waals surface area contributed by atoms with Crippen LogP contribution >= 0.6 is 11.6 Å². The molecule has 0 aliphatic carbocycles. The van der Waals surface area contributed by atoms with Gasteiger partial charge in [-0.05, 0) is 18.6 Å². The normalized spacial score (nSPS) is 18.0. The minimum atomic E-state index is -0.0496. The summed E-state index contributed by atoms with van der Waals surface area (Å²) in [6, 6.07) is 7.51. The number of hydrogen-bond donors (Lipinski definition) is 2. The highest BCUT2D eigenvalue weighted by atomic mass is 35.5. The van der Waals surface area contributed by atoms with Crippen molar-refractivity contribution in [2.45, 2.75) is 19.5 Å². The molecule has 1 aromatic carbocycles. The number of nitrogens with one attached hydrogen (secondary N) is 2. The van der Waals surface area contributed by atoms with E-state index in [4.69, 9.17) is 16.3 Å². The van der Waals surface area contributed by atoms with Crippen LogP contribution in [0.1, 0.15) is 12.5 Å². The highest BCUT2D eigenvalue weighted by Crippen LogP contribution is 2.14. The maximum absolute atomic E-state index is 12.1. The van der Waals surface area contributed by atoms with E-state index in [1.807, 2.05) is 31.2 Å². The molecule has 0 saturated carbocycles. The van der Waals surface area contributed by atoms with Crippen molar-refractivity contribution in [3.63, 3.8) is 0 Å². The Bertz CT molecular complexity index is 433. The van der Waals surface area contributed by atoms with Gasteiger partial charge in [-0.2, -0.15) is 0 Å². The molecule has 1 amide bonds. The standard InChI is InChI=1S/C14H19ClN2O2/c1-11(17-6-8-19-9-7-17)14(18)16-10-12-4-2-3-5-13(12)15/h2-5,11H,6-10H2,1H3,(H,16,18)/p+1/t11-/m0/s1. The molecule has 0 aromatic heterocycles. The van der Waals surface area contributed by atoms with Gasteiger partial charge in [0.2, 0.25) is 0 Å². The molecule has 2 rings (SSSR count). The lowest BCUT2D eigenvalue weighted by molar-refractivity contribution is -0.921. The van der Waals surface area contributed by atoms with Gasteiger partial charge in [-0.15, -0.1) is 0 Å². The molecule has 1 heterocycles. The summed E-state index contributed by atoms with van der Waals surface area (Å²) in [5, 5.41) is 3.64. The Labute approximate surface area is 118 Å². The van der Waals surface area contributed by atoms with Crippen LogP contribution in [0.2, 0.25) is 5.02 Å². The van der Waals surface area contributed by atoms with E-state index in [0.29, 0.717) is 11.6 Å². The Balaban J connectivity index is 1.85. The molecule has 5 heteroatoms. The molecule has 1 aromatic rings. The maximum atomic E-state index is 12.1. The number of morpholine rings is 1. The molecule has 2 N–H and O–H groups in total. The molecule has 1 saturated heterocycles. The fourth-order valence-corrected chi connectivity index (χ4v) is 2.43. The summed E-state index contributed by atoms with van der Waals surface area (Å²) >= 11 is 6.06. The minimum Gasteiger partial charge on any atom is -0.370 e. The number of amides is 1. The third kappa shape index (κ3) is 3.93. The molecule has 0 bridgehead atoms. The first-order valence-corrected chi connectivity index (χ1v) is 6.99. The molecular weight excluding hydrogens is 264 g/mol. The number of halogens is 1. The van der Waals surface area contributed by atoms with Gasteiger partial charge in [0.05, 0.1) is 13.2 Å². The van der Waals surface area contributed by atoms with Crippen molar-refractivity contribution >= 4 is 17.5 Å². The number of benzene rings is 1. The predicted molar refractivity (Wildman–Crippen MR) is 74.3 cm³/mol. The Morgan fingerprint density at radius 2 is 2.11 bits per heavy atom. The zero-order chi connectivity index (χ0) is 13.7. The van der Waals surface area contributed by atoms with Crippen molar-refractivity contribution in [3.05, 3.63) is 34.9 Å². The second kappa shape index (κ2) is 6.89. The minimum absolute atomic E-state index is 0.0496. The lowest BCUT2D eigenvalue weighted by atomic mass is 10.2. The number of quaternary nitrogens is 1. The van der Waals surface area contributed by atoms with Gasteiger partial charge >= 0.3 is 0 Å². The average Bonchev–Trinajstić information content (AvgIpc) is 2.46. The molecule has 0 spiro atoms. The Morgan fingerprint density at radius 1 is 1.42 bits per heavy atom. The van der Waals surface area contributed by atoms with Crippen LogP contribution in [-0.2, 0) is 16.1 Å². The first kappa shape index (κ1) is 14.3. The molecule has 19 heavy (non-hydrogen) atoms.